The molecule has 5 nitrogen and oxygen atoms in total. The highest BCUT2D eigenvalue weighted by Gasteiger charge is 2.41. The van der Waals surface area contributed by atoms with Gasteiger partial charge in [-0.15, -0.1) is 11.3 Å². The molecule has 0 bridgehead atoms. The van der Waals surface area contributed by atoms with E-state index in [2.05, 4.69) is 59.0 Å². The molecule has 0 radical (unpaired) electrons. The van der Waals surface area contributed by atoms with E-state index < -0.39 is 32.2 Å². The lowest BCUT2D eigenvalue weighted by atomic mass is 10.0. The second-order valence-electron chi connectivity index (χ2n) is 11.0. The van der Waals surface area contributed by atoms with Gasteiger partial charge in [0.2, 0.25) is 10.0 Å². The van der Waals surface area contributed by atoms with Crippen molar-refractivity contribution < 1.29 is 18.0 Å². The van der Waals surface area contributed by atoms with Gasteiger partial charge in [-0.05, 0) is 47.1 Å². The van der Waals surface area contributed by atoms with Crippen LogP contribution in [0.1, 0.15) is 54.0 Å². The largest absolute Gasteiger partial charge is 0.414 e. The Morgan fingerprint density at radius 3 is 1.96 bits per heavy atom. The monoisotopic (exact) mass is 465 g/mol. The van der Waals surface area contributed by atoms with Crippen molar-refractivity contribution >= 4 is 37.9 Å². The Hall–Kier alpha value is -0.0362. The van der Waals surface area contributed by atoms with Crippen molar-refractivity contribution in [3.8, 4) is 0 Å². The minimum atomic E-state index is -3.62. The molecule has 0 aliphatic carbocycles. The first kappa shape index (κ1) is 26.0. The van der Waals surface area contributed by atoms with Gasteiger partial charge >= 0.3 is 0 Å². The first-order valence-electron chi connectivity index (χ1n) is 9.62. The number of hydrogen-bond acceptors (Lipinski definition) is 5. The molecular formula is C19H39NO4S2Si2. The molecule has 2 N–H and O–H groups in total. The van der Waals surface area contributed by atoms with Crippen LogP contribution in [-0.2, 0) is 20.1 Å². The third kappa shape index (κ3) is 5.99. The molecule has 1 aromatic rings. The van der Waals surface area contributed by atoms with Gasteiger partial charge in [0.15, 0.2) is 8.32 Å². The van der Waals surface area contributed by atoms with Gasteiger partial charge in [-0.3, -0.25) is 0 Å². The van der Waals surface area contributed by atoms with E-state index in [9.17, 15) is 13.5 Å². The summed E-state index contributed by atoms with van der Waals surface area (Å²) in [5.41, 5.74) is -0.664. The van der Waals surface area contributed by atoms with Crippen LogP contribution in [-0.4, -0.2) is 36.7 Å². The number of sulfonamides is 1. The van der Waals surface area contributed by atoms with Crippen molar-refractivity contribution in [2.75, 3.05) is 6.61 Å². The van der Waals surface area contributed by atoms with Crippen LogP contribution < -0.4 is 4.39 Å². The summed E-state index contributed by atoms with van der Waals surface area (Å²) in [6.45, 7) is 22.8. The number of thiophene rings is 1. The van der Waals surface area contributed by atoms with Crippen molar-refractivity contribution in [2.24, 2.45) is 0 Å². The van der Waals surface area contributed by atoms with Gasteiger partial charge in [0.25, 0.3) is 0 Å². The summed E-state index contributed by atoms with van der Waals surface area (Å²) in [6, 6.07) is 1.58. The quantitative estimate of drug-likeness (QED) is 0.538. The molecule has 1 rings (SSSR count). The van der Waals surface area contributed by atoms with E-state index in [1.165, 1.54) is 0 Å². The van der Waals surface area contributed by atoms with E-state index >= 15 is 0 Å². The van der Waals surface area contributed by atoms with Crippen molar-refractivity contribution in [1.82, 2.24) is 4.39 Å². The maximum absolute atomic E-state index is 12.9. The second kappa shape index (κ2) is 7.90. The summed E-state index contributed by atoms with van der Waals surface area (Å²) in [6.07, 6.45) is 0. The van der Waals surface area contributed by atoms with Crippen LogP contribution in [0.2, 0.25) is 36.3 Å². The molecule has 1 heterocycles. The van der Waals surface area contributed by atoms with Crippen LogP contribution in [0.3, 0.4) is 0 Å². The molecule has 1 atom stereocenters. The average molecular weight is 466 g/mol. The minimum Gasteiger partial charge on any atom is -0.414 e. The predicted octanol–water partition coefficient (Wildman–Crippen LogP) is 5.26. The smallest absolute Gasteiger partial charge is 0.244 e. The zero-order valence-corrected chi connectivity index (χ0v) is 23.0. The lowest BCUT2D eigenvalue weighted by molar-refractivity contribution is 0.00286. The predicted molar refractivity (Wildman–Crippen MR) is 125 cm³/mol. The van der Waals surface area contributed by atoms with Crippen molar-refractivity contribution in [3.05, 3.63) is 17.0 Å². The molecule has 0 aromatic carbocycles. The summed E-state index contributed by atoms with van der Waals surface area (Å²) < 4.78 is 35.2. The normalized spacial score (nSPS) is 16.9. The van der Waals surface area contributed by atoms with Crippen LogP contribution in [0.5, 0.6) is 0 Å². The van der Waals surface area contributed by atoms with Gasteiger partial charge in [-0.1, -0.05) is 54.6 Å². The van der Waals surface area contributed by atoms with Gasteiger partial charge < -0.3 is 9.53 Å². The fraction of sp³-hybridized carbons (Fsp3) is 0.789. The van der Waals surface area contributed by atoms with Crippen LogP contribution in [0.4, 0.5) is 0 Å². The van der Waals surface area contributed by atoms with Crippen LogP contribution in [0.25, 0.3) is 0 Å². The SMILES string of the molecule is CC(C)(C)[Si](C)(C)NS(=O)(=O)c1cc([C@](C)(O)CO[Si](C)(C)C(C)(C)C)cs1. The van der Waals surface area contributed by atoms with Crippen molar-refractivity contribution in [2.45, 2.75) is 94.5 Å². The fourth-order valence-electron chi connectivity index (χ4n) is 1.90. The van der Waals surface area contributed by atoms with Crippen molar-refractivity contribution in [1.29, 1.82) is 0 Å². The summed E-state index contributed by atoms with van der Waals surface area (Å²) in [7, 11) is -7.87. The molecule has 0 unspecified atom stereocenters. The Morgan fingerprint density at radius 2 is 1.54 bits per heavy atom. The van der Waals surface area contributed by atoms with Gasteiger partial charge in [-0.2, -0.15) is 0 Å². The topological polar surface area (TPSA) is 75.6 Å². The maximum Gasteiger partial charge on any atom is 0.244 e. The second-order valence-corrected chi connectivity index (χ2v) is 23.9. The lowest BCUT2D eigenvalue weighted by Gasteiger charge is -2.38. The van der Waals surface area contributed by atoms with Crippen LogP contribution >= 0.6 is 11.3 Å². The molecular weight excluding hydrogens is 427 g/mol. The summed E-state index contributed by atoms with van der Waals surface area (Å²) in [5, 5.41) is 12.6. The van der Waals surface area contributed by atoms with E-state index in [4.69, 9.17) is 4.43 Å². The highest BCUT2D eigenvalue weighted by molar-refractivity contribution is 7.93. The number of rotatable bonds is 7. The minimum absolute atomic E-state index is 0.0410. The summed E-state index contributed by atoms with van der Waals surface area (Å²) in [5.74, 6) is 0. The highest BCUT2D eigenvalue weighted by atomic mass is 32.2. The molecule has 0 amide bonds. The van der Waals surface area contributed by atoms with Crippen LogP contribution in [0, 0.1) is 0 Å². The first-order valence-corrected chi connectivity index (χ1v) is 17.9. The fourth-order valence-corrected chi connectivity index (χ4v) is 9.36. The maximum atomic E-state index is 12.9. The van der Waals surface area contributed by atoms with E-state index in [0.717, 1.165) is 11.3 Å². The zero-order valence-electron chi connectivity index (χ0n) is 19.4. The molecule has 9 heteroatoms. The molecule has 164 valence electrons. The highest BCUT2D eigenvalue weighted by Crippen LogP contribution is 2.39. The number of aliphatic hydroxyl groups is 1. The Morgan fingerprint density at radius 1 is 1.04 bits per heavy atom. The van der Waals surface area contributed by atoms with Crippen molar-refractivity contribution in [3.63, 3.8) is 0 Å². The van der Waals surface area contributed by atoms with Gasteiger partial charge in [0, 0.05) is 0 Å². The average Bonchev–Trinajstić information content (AvgIpc) is 2.93. The van der Waals surface area contributed by atoms with E-state index in [-0.39, 0.29) is 20.9 Å². The Bertz CT molecular complexity index is 786. The number of hydrogen-bond donors (Lipinski definition) is 2. The summed E-state index contributed by atoms with van der Waals surface area (Å²) in [4.78, 5) is 0. The van der Waals surface area contributed by atoms with E-state index in [1.54, 1.807) is 18.4 Å². The van der Waals surface area contributed by atoms with Gasteiger partial charge in [-0.25, -0.2) is 12.8 Å². The number of nitrogens with one attached hydrogen (secondary N) is 1. The molecule has 28 heavy (non-hydrogen) atoms. The molecule has 0 fully saturated rings. The first-order chi connectivity index (χ1) is 12.1. The standard InChI is InChI=1S/C19H39NO4S2Si2/c1-17(2,3)27(8,9)20-26(22,23)16-12-15(13-25-16)19(7,21)14-24-28(10,11)18(4,5)6/h12-13,20-21H,14H2,1-11H3/t19-/m1/s1. The summed E-state index contributed by atoms with van der Waals surface area (Å²) >= 11 is 1.14. The molecule has 1 aromatic heterocycles. The Labute approximate surface area is 178 Å². The third-order valence-electron chi connectivity index (χ3n) is 6.25. The third-order valence-corrected chi connectivity index (χ3v) is 19.9. The molecule has 0 saturated carbocycles. The van der Waals surface area contributed by atoms with Crippen LogP contribution in [0.15, 0.2) is 15.7 Å². The molecule has 0 aliphatic rings. The Balaban J connectivity index is 3.04. The Kier molecular flexibility index (Phi) is 7.34. The molecule has 0 spiro atoms. The molecule has 0 saturated heterocycles. The zero-order chi connectivity index (χ0) is 22.4. The van der Waals surface area contributed by atoms with E-state index in [0.29, 0.717) is 5.56 Å². The lowest BCUT2D eigenvalue weighted by Crippen LogP contribution is -2.54. The van der Waals surface area contributed by atoms with E-state index in [1.807, 2.05) is 13.1 Å². The van der Waals surface area contributed by atoms with Gasteiger partial charge in [0.05, 0.1) is 6.61 Å². The van der Waals surface area contributed by atoms with Gasteiger partial charge in [0.1, 0.15) is 18.0 Å². The molecule has 0 aliphatic heterocycles.